The molecule has 0 amide bonds. The highest BCUT2D eigenvalue weighted by Crippen LogP contribution is 2.53. The molecule has 2 unspecified atom stereocenters. The van der Waals surface area contributed by atoms with E-state index >= 15 is 0 Å². The monoisotopic (exact) mass is 233 g/mol. The maximum absolute atomic E-state index is 12.0. The van der Waals surface area contributed by atoms with Gasteiger partial charge in [0.1, 0.15) is 5.60 Å². The Morgan fingerprint density at radius 1 is 1.35 bits per heavy atom. The van der Waals surface area contributed by atoms with Gasteiger partial charge in [-0.25, -0.2) is 0 Å². The Bertz CT molecular complexity index is 408. The third-order valence-electron chi connectivity index (χ3n) is 3.09. The fourth-order valence-electron chi connectivity index (χ4n) is 2.22. The van der Waals surface area contributed by atoms with Gasteiger partial charge in [0.25, 0.3) is 0 Å². The molecule has 1 aliphatic carbocycles. The van der Waals surface area contributed by atoms with Crippen molar-refractivity contribution in [2.75, 3.05) is 0 Å². The molecule has 0 aromatic carbocycles. The van der Waals surface area contributed by atoms with E-state index in [0.29, 0.717) is 5.92 Å². The second kappa shape index (κ2) is 4.13. The Morgan fingerprint density at radius 2 is 2.06 bits per heavy atom. The average molecular weight is 233 g/mol. The minimum Gasteiger partial charge on any atom is -0.460 e. The Balaban J connectivity index is 2.04. The summed E-state index contributed by atoms with van der Waals surface area (Å²) in [6, 6.07) is 5.82. The SMILES string of the molecule is CC1C(c2ccccn2)[C@@H]1C(=O)OC(C)(C)C. The normalized spacial score (nSPS) is 27.6. The van der Waals surface area contributed by atoms with Crippen LogP contribution in [0.4, 0.5) is 0 Å². The summed E-state index contributed by atoms with van der Waals surface area (Å²) in [6.45, 7) is 7.77. The van der Waals surface area contributed by atoms with E-state index in [4.69, 9.17) is 4.74 Å². The molecule has 0 aliphatic heterocycles. The lowest BCUT2D eigenvalue weighted by Crippen LogP contribution is -2.25. The molecule has 1 aromatic heterocycles. The lowest BCUT2D eigenvalue weighted by atomic mass is 10.2. The standard InChI is InChI=1S/C14H19NO2/c1-9-11(10-7-5-6-8-15-10)12(9)13(16)17-14(2,3)4/h5-9,11-12H,1-4H3/t9?,11?,12-/m1/s1. The average Bonchev–Trinajstić information content (AvgIpc) is 2.89. The molecule has 1 aromatic rings. The highest BCUT2D eigenvalue weighted by Gasteiger charge is 2.54. The summed E-state index contributed by atoms with van der Waals surface area (Å²) in [5, 5.41) is 0. The molecule has 3 heteroatoms. The van der Waals surface area contributed by atoms with E-state index in [0.717, 1.165) is 5.69 Å². The fourth-order valence-corrected chi connectivity index (χ4v) is 2.22. The van der Waals surface area contributed by atoms with Gasteiger partial charge in [-0.2, -0.15) is 0 Å². The third kappa shape index (κ3) is 2.65. The van der Waals surface area contributed by atoms with Crippen molar-refractivity contribution in [3.05, 3.63) is 30.1 Å². The summed E-state index contributed by atoms with van der Waals surface area (Å²) in [7, 11) is 0. The maximum Gasteiger partial charge on any atom is 0.310 e. The zero-order chi connectivity index (χ0) is 12.6. The molecule has 0 N–H and O–H groups in total. The molecule has 0 saturated heterocycles. The highest BCUT2D eigenvalue weighted by molar-refractivity contribution is 5.78. The van der Waals surface area contributed by atoms with Crippen molar-refractivity contribution in [1.29, 1.82) is 0 Å². The van der Waals surface area contributed by atoms with Crippen LogP contribution in [0.3, 0.4) is 0 Å². The molecule has 2 rings (SSSR count). The van der Waals surface area contributed by atoms with Crippen LogP contribution in [0, 0.1) is 11.8 Å². The second-order valence-corrected chi connectivity index (χ2v) is 5.70. The summed E-state index contributed by atoms with van der Waals surface area (Å²) in [6.07, 6.45) is 1.77. The number of hydrogen-bond acceptors (Lipinski definition) is 3. The van der Waals surface area contributed by atoms with Gasteiger partial charge < -0.3 is 4.74 Å². The molecular weight excluding hydrogens is 214 g/mol. The zero-order valence-electron chi connectivity index (χ0n) is 10.8. The minimum atomic E-state index is -0.409. The summed E-state index contributed by atoms with van der Waals surface area (Å²) in [4.78, 5) is 16.3. The van der Waals surface area contributed by atoms with Gasteiger partial charge in [-0.05, 0) is 38.8 Å². The van der Waals surface area contributed by atoms with Crippen LogP contribution in [0.2, 0.25) is 0 Å². The third-order valence-corrected chi connectivity index (χ3v) is 3.09. The first-order chi connectivity index (χ1) is 7.90. The number of pyridine rings is 1. The van der Waals surface area contributed by atoms with Gasteiger partial charge in [-0.1, -0.05) is 13.0 Å². The Morgan fingerprint density at radius 3 is 2.59 bits per heavy atom. The molecular formula is C14H19NO2. The van der Waals surface area contributed by atoms with E-state index in [9.17, 15) is 4.79 Å². The van der Waals surface area contributed by atoms with Crippen LogP contribution < -0.4 is 0 Å². The first kappa shape index (κ1) is 12.1. The van der Waals surface area contributed by atoms with Gasteiger partial charge >= 0.3 is 5.97 Å². The van der Waals surface area contributed by atoms with Gasteiger partial charge in [0.2, 0.25) is 0 Å². The molecule has 1 saturated carbocycles. The second-order valence-electron chi connectivity index (χ2n) is 5.70. The molecule has 3 atom stereocenters. The lowest BCUT2D eigenvalue weighted by Gasteiger charge is -2.19. The molecule has 1 fully saturated rings. The Hall–Kier alpha value is -1.38. The predicted molar refractivity (Wildman–Crippen MR) is 65.5 cm³/mol. The van der Waals surface area contributed by atoms with Gasteiger partial charge in [0, 0.05) is 17.8 Å². The lowest BCUT2D eigenvalue weighted by molar-refractivity contribution is -0.156. The number of rotatable bonds is 2. The molecule has 92 valence electrons. The summed E-state index contributed by atoms with van der Waals surface area (Å²) >= 11 is 0. The van der Waals surface area contributed by atoms with Crippen LogP contribution in [0.15, 0.2) is 24.4 Å². The first-order valence-electron chi connectivity index (χ1n) is 6.04. The molecule has 1 heterocycles. The largest absolute Gasteiger partial charge is 0.460 e. The molecule has 0 bridgehead atoms. The summed E-state index contributed by atoms with van der Waals surface area (Å²) in [5.74, 6) is 0.440. The zero-order valence-corrected chi connectivity index (χ0v) is 10.8. The van der Waals surface area contributed by atoms with Crippen molar-refractivity contribution in [3.63, 3.8) is 0 Å². The van der Waals surface area contributed by atoms with E-state index in [1.54, 1.807) is 6.20 Å². The van der Waals surface area contributed by atoms with Crippen molar-refractivity contribution in [3.8, 4) is 0 Å². The van der Waals surface area contributed by atoms with Crippen LogP contribution in [0.5, 0.6) is 0 Å². The van der Waals surface area contributed by atoms with Crippen molar-refractivity contribution in [2.45, 2.75) is 39.2 Å². The smallest absolute Gasteiger partial charge is 0.310 e. The summed E-state index contributed by atoms with van der Waals surface area (Å²) < 4.78 is 5.42. The van der Waals surface area contributed by atoms with E-state index < -0.39 is 5.60 Å². The number of carbonyl (C=O) groups is 1. The molecule has 0 spiro atoms. The van der Waals surface area contributed by atoms with E-state index in [1.165, 1.54) is 0 Å². The van der Waals surface area contributed by atoms with Crippen LogP contribution in [-0.4, -0.2) is 16.6 Å². The molecule has 17 heavy (non-hydrogen) atoms. The number of nitrogens with zero attached hydrogens (tertiary/aromatic N) is 1. The molecule has 0 radical (unpaired) electrons. The first-order valence-corrected chi connectivity index (χ1v) is 6.04. The Labute approximate surface area is 102 Å². The van der Waals surface area contributed by atoms with Crippen LogP contribution in [-0.2, 0) is 9.53 Å². The van der Waals surface area contributed by atoms with Gasteiger partial charge in [0.15, 0.2) is 0 Å². The van der Waals surface area contributed by atoms with E-state index in [-0.39, 0.29) is 17.8 Å². The maximum atomic E-state index is 12.0. The van der Waals surface area contributed by atoms with E-state index in [2.05, 4.69) is 11.9 Å². The number of hydrogen-bond donors (Lipinski definition) is 0. The molecule has 1 aliphatic rings. The van der Waals surface area contributed by atoms with Gasteiger partial charge in [-0.3, -0.25) is 9.78 Å². The summed E-state index contributed by atoms with van der Waals surface area (Å²) in [5.41, 5.74) is 0.587. The number of aromatic nitrogens is 1. The van der Waals surface area contributed by atoms with Crippen LogP contribution in [0.25, 0.3) is 0 Å². The van der Waals surface area contributed by atoms with Crippen LogP contribution in [0.1, 0.15) is 39.3 Å². The predicted octanol–water partition coefficient (Wildman–Crippen LogP) is 2.77. The quantitative estimate of drug-likeness (QED) is 0.737. The van der Waals surface area contributed by atoms with Crippen molar-refractivity contribution in [2.24, 2.45) is 11.8 Å². The molecule has 3 nitrogen and oxygen atoms in total. The Kier molecular flexibility index (Phi) is 2.94. The number of ether oxygens (including phenoxy) is 1. The highest BCUT2D eigenvalue weighted by atomic mass is 16.6. The minimum absolute atomic E-state index is 0.0240. The topological polar surface area (TPSA) is 39.2 Å². The van der Waals surface area contributed by atoms with Gasteiger partial charge in [-0.15, -0.1) is 0 Å². The van der Waals surface area contributed by atoms with Crippen molar-refractivity contribution >= 4 is 5.97 Å². The van der Waals surface area contributed by atoms with Gasteiger partial charge in [0.05, 0.1) is 5.92 Å². The van der Waals surface area contributed by atoms with Crippen LogP contribution >= 0.6 is 0 Å². The number of carbonyl (C=O) groups excluding carboxylic acids is 1. The fraction of sp³-hybridized carbons (Fsp3) is 0.571. The van der Waals surface area contributed by atoms with E-state index in [1.807, 2.05) is 39.0 Å². The van der Waals surface area contributed by atoms with Crippen molar-refractivity contribution in [1.82, 2.24) is 4.98 Å². The van der Waals surface area contributed by atoms with Crippen molar-refractivity contribution < 1.29 is 9.53 Å². The number of esters is 1.